The van der Waals surface area contributed by atoms with Gasteiger partial charge in [0.25, 0.3) is 21.8 Å². The maximum atomic E-state index is 13.6. The molecule has 0 saturated carbocycles. The van der Waals surface area contributed by atoms with Gasteiger partial charge in [0.1, 0.15) is 5.00 Å². The van der Waals surface area contributed by atoms with Gasteiger partial charge in [-0.2, -0.15) is 0 Å². The highest BCUT2D eigenvalue weighted by Crippen LogP contribution is 2.38. The summed E-state index contributed by atoms with van der Waals surface area (Å²) in [6.07, 6.45) is 2.13. The third-order valence-corrected chi connectivity index (χ3v) is 11.2. The molecule has 0 bridgehead atoms. The first-order chi connectivity index (χ1) is 22.1. The SMILES string of the molecule is CN(C)C(=O)NC(=O)c1c(NC(=O)c2ccc(S(=O)(=O)N3CCCc4ccccc43)cc2)sc2c1CCN(Cc1ccccc1)C2. The summed E-state index contributed by atoms with van der Waals surface area (Å²) < 4.78 is 28.6. The topological polar surface area (TPSA) is 119 Å². The second-order valence-electron chi connectivity index (χ2n) is 11.6. The molecule has 46 heavy (non-hydrogen) atoms. The number of imide groups is 1. The van der Waals surface area contributed by atoms with Crippen molar-refractivity contribution in [2.24, 2.45) is 0 Å². The van der Waals surface area contributed by atoms with Gasteiger partial charge in [0, 0.05) is 50.7 Å². The summed E-state index contributed by atoms with van der Waals surface area (Å²) in [5, 5.41) is 5.65. The summed E-state index contributed by atoms with van der Waals surface area (Å²) in [7, 11) is -0.742. The van der Waals surface area contributed by atoms with Gasteiger partial charge in [-0.3, -0.25) is 24.1 Å². The van der Waals surface area contributed by atoms with E-state index in [4.69, 9.17) is 0 Å². The minimum atomic E-state index is -3.83. The second kappa shape index (κ2) is 13.1. The number of urea groups is 1. The minimum Gasteiger partial charge on any atom is -0.331 e. The van der Waals surface area contributed by atoms with Crippen LogP contribution in [-0.4, -0.2) is 63.2 Å². The first-order valence-corrected chi connectivity index (χ1v) is 17.3. The van der Waals surface area contributed by atoms with Crippen molar-refractivity contribution < 1.29 is 22.8 Å². The Bertz CT molecular complexity index is 1890. The van der Waals surface area contributed by atoms with E-state index in [1.54, 1.807) is 14.1 Å². The number of rotatable bonds is 7. The number of carbonyl (C=O) groups is 3. The highest BCUT2D eigenvalue weighted by Gasteiger charge is 2.31. The van der Waals surface area contributed by atoms with Crippen LogP contribution >= 0.6 is 11.3 Å². The average Bonchev–Trinajstić information content (AvgIpc) is 3.41. The van der Waals surface area contributed by atoms with Crippen LogP contribution in [0.25, 0.3) is 0 Å². The molecule has 0 fully saturated rings. The van der Waals surface area contributed by atoms with Crippen LogP contribution in [0.3, 0.4) is 0 Å². The fraction of sp³-hybridized carbons (Fsp3) is 0.265. The molecular weight excluding hydrogens is 623 g/mol. The number of sulfonamides is 1. The summed E-state index contributed by atoms with van der Waals surface area (Å²) in [6.45, 7) is 2.44. The number of fused-ring (bicyclic) bond motifs is 2. The number of para-hydroxylation sites is 1. The van der Waals surface area contributed by atoms with E-state index in [0.717, 1.165) is 35.4 Å². The van der Waals surface area contributed by atoms with E-state index < -0.39 is 27.9 Å². The lowest BCUT2D eigenvalue weighted by Gasteiger charge is -2.30. The van der Waals surface area contributed by atoms with E-state index in [2.05, 4.69) is 27.7 Å². The van der Waals surface area contributed by atoms with E-state index in [-0.39, 0.29) is 16.0 Å². The molecule has 1 aromatic heterocycles. The first kappa shape index (κ1) is 31.5. The maximum absolute atomic E-state index is 13.6. The summed E-state index contributed by atoms with van der Waals surface area (Å²) in [6, 6.07) is 22.9. The maximum Gasteiger partial charge on any atom is 0.323 e. The Balaban J connectivity index is 1.24. The van der Waals surface area contributed by atoms with Crippen molar-refractivity contribution in [3.05, 3.63) is 112 Å². The van der Waals surface area contributed by atoms with Crippen molar-refractivity contribution in [1.82, 2.24) is 15.1 Å². The number of aryl methyl sites for hydroxylation is 1. The van der Waals surface area contributed by atoms with Gasteiger partial charge in [-0.1, -0.05) is 48.5 Å². The van der Waals surface area contributed by atoms with Crippen molar-refractivity contribution in [2.75, 3.05) is 36.8 Å². The van der Waals surface area contributed by atoms with Crippen molar-refractivity contribution in [3.8, 4) is 0 Å². The largest absolute Gasteiger partial charge is 0.331 e. The molecule has 0 atom stereocenters. The minimum absolute atomic E-state index is 0.0908. The molecule has 0 aliphatic carbocycles. The van der Waals surface area contributed by atoms with Crippen LogP contribution in [-0.2, 0) is 36.0 Å². The molecule has 3 aromatic carbocycles. The summed E-state index contributed by atoms with van der Waals surface area (Å²) in [5.74, 6) is -1.06. The van der Waals surface area contributed by atoms with Gasteiger partial charge < -0.3 is 10.2 Å². The van der Waals surface area contributed by atoms with Crippen molar-refractivity contribution in [1.29, 1.82) is 0 Å². The third-order valence-electron chi connectivity index (χ3n) is 8.24. The zero-order chi connectivity index (χ0) is 32.4. The smallest absolute Gasteiger partial charge is 0.323 e. The fourth-order valence-electron chi connectivity index (χ4n) is 5.86. The van der Waals surface area contributed by atoms with E-state index in [1.807, 2.05) is 42.5 Å². The molecule has 0 spiro atoms. The molecule has 238 valence electrons. The lowest BCUT2D eigenvalue weighted by molar-refractivity contribution is 0.0956. The summed E-state index contributed by atoms with van der Waals surface area (Å²) >= 11 is 1.32. The number of nitrogens with zero attached hydrogens (tertiary/aromatic N) is 3. The molecule has 0 radical (unpaired) electrons. The first-order valence-electron chi connectivity index (χ1n) is 15.1. The van der Waals surface area contributed by atoms with Crippen LogP contribution in [0.1, 0.15) is 48.7 Å². The van der Waals surface area contributed by atoms with E-state index in [1.165, 1.54) is 50.4 Å². The van der Waals surface area contributed by atoms with Crippen LogP contribution < -0.4 is 14.9 Å². The molecule has 2 aliphatic rings. The zero-order valence-corrected chi connectivity index (χ0v) is 27.3. The molecule has 10 nitrogen and oxygen atoms in total. The van der Waals surface area contributed by atoms with Gasteiger partial charge in [-0.25, -0.2) is 13.2 Å². The number of benzene rings is 3. The van der Waals surface area contributed by atoms with Gasteiger partial charge in [0.15, 0.2) is 0 Å². The number of hydrogen-bond acceptors (Lipinski definition) is 7. The van der Waals surface area contributed by atoms with Crippen molar-refractivity contribution in [3.63, 3.8) is 0 Å². The third kappa shape index (κ3) is 6.41. The van der Waals surface area contributed by atoms with Crippen molar-refractivity contribution >= 4 is 49.9 Å². The summed E-state index contributed by atoms with van der Waals surface area (Å²) in [5.41, 5.74) is 4.19. The van der Waals surface area contributed by atoms with E-state index in [9.17, 15) is 22.8 Å². The molecule has 4 aromatic rings. The average molecular weight is 658 g/mol. The fourth-order valence-corrected chi connectivity index (χ4v) is 8.69. The van der Waals surface area contributed by atoms with Gasteiger partial charge in [-0.15, -0.1) is 11.3 Å². The Morgan fingerprint density at radius 1 is 0.870 bits per heavy atom. The zero-order valence-electron chi connectivity index (χ0n) is 25.7. The predicted octanol–water partition coefficient (Wildman–Crippen LogP) is 5.11. The molecule has 2 aliphatic heterocycles. The van der Waals surface area contributed by atoms with E-state index >= 15 is 0 Å². The van der Waals surface area contributed by atoms with Gasteiger partial charge in [0.2, 0.25) is 0 Å². The Hall–Kier alpha value is -4.52. The normalized spacial score (nSPS) is 14.6. The summed E-state index contributed by atoms with van der Waals surface area (Å²) in [4.78, 5) is 43.9. The van der Waals surface area contributed by atoms with Crippen LogP contribution in [0.2, 0.25) is 0 Å². The van der Waals surface area contributed by atoms with Crippen LogP contribution in [0.5, 0.6) is 0 Å². The Labute approximate surface area is 272 Å². The molecule has 4 amide bonds. The van der Waals surface area contributed by atoms with Crippen LogP contribution in [0.4, 0.5) is 15.5 Å². The van der Waals surface area contributed by atoms with Gasteiger partial charge in [0.05, 0.1) is 16.1 Å². The number of amides is 4. The molecule has 12 heteroatoms. The van der Waals surface area contributed by atoms with Gasteiger partial charge in [-0.05, 0) is 66.3 Å². The molecule has 6 rings (SSSR count). The van der Waals surface area contributed by atoms with Crippen LogP contribution in [0, 0.1) is 0 Å². The monoisotopic (exact) mass is 657 g/mol. The molecule has 0 unspecified atom stereocenters. The standard InChI is InChI=1S/C34H35N5O5S2/c1-37(2)34(42)36-32(41)30-27-18-20-38(21-23-9-4-3-5-10-23)22-29(27)45-33(30)35-31(40)25-14-16-26(17-15-25)46(43,44)39-19-8-12-24-11-6-7-13-28(24)39/h3-7,9-11,13-17H,8,12,18-22H2,1-2H3,(H,35,40)(H,36,41,42). The number of anilines is 2. The Morgan fingerprint density at radius 3 is 2.33 bits per heavy atom. The number of thiophene rings is 1. The number of nitrogens with one attached hydrogen (secondary N) is 2. The Morgan fingerprint density at radius 2 is 1.59 bits per heavy atom. The molecule has 3 heterocycles. The van der Waals surface area contributed by atoms with Gasteiger partial charge >= 0.3 is 6.03 Å². The number of hydrogen-bond donors (Lipinski definition) is 2. The Kier molecular flexibility index (Phi) is 8.94. The quantitative estimate of drug-likeness (QED) is 0.285. The highest BCUT2D eigenvalue weighted by atomic mass is 32.2. The van der Waals surface area contributed by atoms with Crippen molar-refractivity contribution in [2.45, 2.75) is 37.2 Å². The molecular formula is C34H35N5O5S2. The van der Waals surface area contributed by atoms with Crippen LogP contribution in [0.15, 0.2) is 83.8 Å². The predicted molar refractivity (Wildman–Crippen MR) is 179 cm³/mol. The second-order valence-corrected chi connectivity index (χ2v) is 14.6. The highest BCUT2D eigenvalue weighted by molar-refractivity contribution is 7.92. The van der Waals surface area contributed by atoms with E-state index in [0.29, 0.717) is 36.7 Å². The lowest BCUT2D eigenvalue weighted by Crippen LogP contribution is -2.39. The molecule has 0 saturated heterocycles. The lowest BCUT2D eigenvalue weighted by atomic mass is 10.0. The molecule has 2 N–H and O–H groups in total. The number of carbonyl (C=O) groups excluding carboxylic acids is 3.